The number of hydrogen-bond acceptors (Lipinski definition) is 2. The van der Waals surface area contributed by atoms with Crippen LogP contribution < -0.4 is 5.32 Å². The van der Waals surface area contributed by atoms with E-state index in [-0.39, 0.29) is 0 Å². The molecule has 16 heavy (non-hydrogen) atoms. The molecule has 2 heteroatoms. The first-order valence-corrected chi connectivity index (χ1v) is 7.11. The van der Waals surface area contributed by atoms with E-state index in [0.29, 0.717) is 6.04 Å². The second-order valence-corrected chi connectivity index (χ2v) is 5.46. The van der Waals surface area contributed by atoms with Gasteiger partial charge in [-0.1, -0.05) is 33.6 Å². The topological polar surface area (TPSA) is 32.3 Å². The van der Waals surface area contributed by atoms with Gasteiger partial charge in [-0.2, -0.15) is 0 Å². The molecule has 1 saturated carbocycles. The molecule has 2 N–H and O–H groups in total. The van der Waals surface area contributed by atoms with E-state index < -0.39 is 5.60 Å². The van der Waals surface area contributed by atoms with Gasteiger partial charge in [0.05, 0.1) is 5.60 Å². The van der Waals surface area contributed by atoms with E-state index in [0.717, 1.165) is 38.1 Å². The highest BCUT2D eigenvalue weighted by molar-refractivity contribution is 4.89. The summed E-state index contributed by atoms with van der Waals surface area (Å²) in [6.07, 6.45) is 7.94. The molecule has 2 nitrogen and oxygen atoms in total. The van der Waals surface area contributed by atoms with E-state index in [1.54, 1.807) is 0 Å². The Morgan fingerprint density at radius 2 is 1.75 bits per heavy atom. The maximum atomic E-state index is 10.5. The Balaban J connectivity index is 2.34. The van der Waals surface area contributed by atoms with Crippen molar-refractivity contribution in [2.45, 2.75) is 77.4 Å². The fourth-order valence-corrected chi connectivity index (χ4v) is 2.70. The van der Waals surface area contributed by atoms with Gasteiger partial charge < -0.3 is 10.4 Å². The first-order valence-electron chi connectivity index (χ1n) is 7.11. The van der Waals surface area contributed by atoms with Crippen molar-refractivity contribution < 1.29 is 5.11 Å². The highest BCUT2D eigenvalue weighted by Crippen LogP contribution is 2.34. The van der Waals surface area contributed by atoms with Crippen LogP contribution in [-0.2, 0) is 0 Å². The van der Waals surface area contributed by atoms with E-state index in [4.69, 9.17) is 0 Å². The summed E-state index contributed by atoms with van der Waals surface area (Å²) in [6.45, 7) is 7.33. The maximum Gasteiger partial charge on any atom is 0.0771 e. The molecule has 0 aromatic carbocycles. The van der Waals surface area contributed by atoms with Gasteiger partial charge >= 0.3 is 0 Å². The number of aliphatic hydroxyl groups is 1. The zero-order chi connectivity index (χ0) is 12.0. The Bertz CT molecular complexity index is 183. The summed E-state index contributed by atoms with van der Waals surface area (Å²) in [6, 6.07) is 0.639. The van der Waals surface area contributed by atoms with Crippen LogP contribution in [-0.4, -0.2) is 23.3 Å². The van der Waals surface area contributed by atoms with Crippen molar-refractivity contribution >= 4 is 0 Å². The van der Waals surface area contributed by atoms with Crippen molar-refractivity contribution in [3.63, 3.8) is 0 Å². The Labute approximate surface area is 101 Å². The van der Waals surface area contributed by atoms with Crippen molar-refractivity contribution in [3.8, 4) is 0 Å². The van der Waals surface area contributed by atoms with Gasteiger partial charge in [-0.25, -0.2) is 0 Å². The summed E-state index contributed by atoms with van der Waals surface area (Å²) in [7, 11) is 0. The van der Waals surface area contributed by atoms with E-state index in [9.17, 15) is 5.11 Å². The average molecular weight is 227 g/mol. The summed E-state index contributed by atoms with van der Waals surface area (Å²) >= 11 is 0. The fourth-order valence-electron chi connectivity index (χ4n) is 2.70. The third-order valence-corrected chi connectivity index (χ3v) is 3.75. The minimum Gasteiger partial charge on any atom is -0.389 e. The number of hydrogen-bond donors (Lipinski definition) is 2. The lowest BCUT2D eigenvalue weighted by Gasteiger charge is -2.30. The van der Waals surface area contributed by atoms with Crippen LogP contribution >= 0.6 is 0 Å². The molecule has 1 fully saturated rings. The van der Waals surface area contributed by atoms with Crippen LogP contribution in [0.1, 0.15) is 65.7 Å². The van der Waals surface area contributed by atoms with Gasteiger partial charge in [0.2, 0.25) is 0 Å². The predicted octanol–water partition coefficient (Wildman–Crippen LogP) is 3.10. The minimum absolute atomic E-state index is 0.466. The molecule has 1 unspecified atom stereocenters. The van der Waals surface area contributed by atoms with E-state index in [2.05, 4.69) is 26.1 Å². The lowest BCUT2D eigenvalue weighted by Crippen LogP contribution is -2.45. The van der Waals surface area contributed by atoms with Crippen LogP contribution in [0.4, 0.5) is 0 Å². The average Bonchev–Trinajstić information content (AvgIpc) is 3.03. The molecule has 1 rings (SSSR count). The summed E-state index contributed by atoms with van der Waals surface area (Å²) in [5.74, 6) is 0.887. The molecule has 0 bridgehead atoms. The van der Waals surface area contributed by atoms with E-state index >= 15 is 0 Å². The van der Waals surface area contributed by atoms with E-state index in [1.165, 1.54) is 19.3 Å². The molecule has 1 atom stereocenters. The van der Waals surface area contributed by atoms with Crippen molar-refractivity contribution in [2.75, 3.05) is 6.54 Å². The summed E-state index contributed by atoms with van der Waals surface area (Å²) < 4.78 is 0. The molecule has 0 aliphatic heterocycles. The van der Waals surface area contributed by atoms with Crippen LogP contribution in [0, 0.1) is 5.92 Å². The fraction of sp³-hybridized carbons (Fsp3) is 1.00. The van der Waals surface area contributed by atoms with Gasteiger partial charge in [0.1, 0.15) is 0 Å². The molecule has 0 amide bonds. The lowest BCUT2D eigenvalue weighted by molar-refractivity contribution is 0.0184. The minimum atomic E-state index is -0.466. The van der Waals surface area contributed by atoms with Gasteiger partial charge in [-0.15, -0.1) is 0 Å². The van der Waals surface area contributed by atoms with Crippen LogP contribution in [0.3, 0.4) is 0 Å². The molecule has 0 aromatic rings. The molecule has 96 valence electrons. The van der Waals surface area contributed by atoms with Crippen LogP contribution in [0.15, 0.2) is 0 Å². The van der Waals surface area contributed by atoms with Gasteiger partial charge in [-0.05, 0) is 38.0 Å². The number of nitrogens with one attached hydrogen (secondary N) is 1. The van der Waals surface area contributed by atoms with Crippen molar-refractivity contribution in [1.29, 1.82) is 0 Å². The zero-order valence-corrected chi connectivity index (χ0v) is 11.3. The highest BCUT2D eigenvalue weighted by atomic mass is 16.3. The molecular weight excluding hydrogens is 198 g/mol. The first kappa shape index (κ1) is 14.0. The number of rotatable bonds is 9. The van der Waals surface area contributed by atoms with Gasteiger partial charge in [0, 0.05) is 12.6 Å². The van der Waals surface area contributed by atoms with Gasteiger partial charge in [0.25, 0.3) is 0 Å². The Morgan fingerprint density at radius 1 is 1.19 bits per heavy atom. The molecule has 1 aliphatic carbocycles. The Hall–Kier alpha value is -0.0800. The smallest absolute Gasteiger partial charge is 0.0771 e. The zero-order valence-electron chi connectivity index (χ0n) is 11.3. The second kappa shape index (κ2) is 6.61. The quantitative estimate of drug-likeness (QED) is 0.634. The van der Waals surface area contributed by atoms with Crippen molar-refractivity contribution in [2.24, 2.45) is 5.92 Å². The highest BCUT2D eigenvalue weighted by Gasteiger charge is 2.32. The molecule has 0 spiro atoms. The Kier molecular flexibility index (Phi) is 5.77. The van der Waals surface area contributed by atoms with Crippen LogP contribution in [0.25, 0.3) is 0 Å². The molecule has 0 heterocycles. The summed E-state index contributed by atoms with van der Waals surface area (Å²) in [4.78, 5) is 0. The second-order valence-electron chi connectivity index (χ2n) is 5.46. The summed E-state index contributed by atoms with van der Waals surface area (Å²) in [5.41, 5.74) is -0.466. The van der Waals surface area contributed by atoms with Crippen LogP contribution in [0.5, 0.6) is 0 Å². The van der Waals surface area contributed by atoms with Crippen molar-refractivity contribution in [1.82, 2.24) is 5.32 Å². The lowest BCUT2D eigenvalue weighted by atomic mass is 9.92. The molecule has 1 aliphatic rings. The third kappa shape index (κ3) is 4.42. The molecule has 0 radical (unpaired) electrons. The largest absolute Gasteiger partial charge is 0.389 e. The Morgan fingerprint density at radius 3 is 2.12 bits per heavy atom. The van der Waals surface area contributed by atoms with Gasteiger partial charge in [0.15, 0.2) is 0 Å². The maximum absolute atomic E-state index is 10.5. The predicted molar refractivity (Wildman–Crippen MR) is 69.6 cm³/mol. The standard InChI is InChI=1S/C14H29NO/c1-4-9-14(16,10-5-2)11-15-13(6-3)12-7-8-12/h12-13,15-16H,4-11H2,1-3H3. The van der Waals surface area contributed by atoms with Crippen molar-refractivity contribution in [3.05, 3.63) is 0 Å². The molecular formula is C14H29NO. The normalized spacial score (nSPS) is 18.8. The molecule has 0 aromatic heterocycles. The monoisotopic (exact) mass is 227 g/mol. The molecule has 0 saturated heterocycles. The summed E-state index contributed by atoms with van der Waals surface area (Å²) in [5, 5.41) is 14.1. The van der Waals surface area contributed by atoms with E-state index in [1.807, 2.05) is 0 Å². The van der Waals surface area contributed by atoms with Crippen LogP contribution in [0.2, 0.25) is 0 Å². The third-order valence-electron chi connectivity index (χ3n) is 3.75. The SMILES string of the molecule is CCCC(O)(CCC)CNC(CC)C1CC1. The first-order chi connectivity index (χ1) is 7.65. The van der Waals surface area contributed by atoms with Gasteiger partial charge in [-0.3, -0.25) is 0 Å².